The van der Waals surface area contributed by atoms with Crippen LogP contribution in [0.1, 0.15) is 32.2 Å². The highest BCUT2D eigenvalue weighted by Gasteiger charge is 2.18. The lowest BCUT2D eigenvalue weighted by Gasteiger charge is -2.18. The number of nitrogen functional groups attached to an aromatic ring is 1. The first kappa shape index (κ1) is 13.3. The van der Waals surface area contributed by atoms with Crippen molar-refractivity contribution in [1.29, 1.82) is 0 Å². The standard InChI is InChI=1S/C15H20N4/c1-10-5-7-11(8-6-10)17-13-9-12(16)18-14(19-13)15(2,3)4/h5-9H,1-4H3,(H3,16,17,18,19). The number of anilines is 3. The maximum atomic E-state index is 5.84. The molecule has 0 aliphatic heterocycles. The van der Waals surface area contributed by atoms with Gasteiger partial charge in [0.25, 0.3) is 0 Å². The van der Waals surface area contributed by atoms with Gasteiger partial charge in [-0.15, -0.1) is 0 Å². The van der Waals surface area contributed by atoms with Crippen LogP contribution < -0.4 is 11.1 Å². The van der Waals surface area contributed by atoms with Crippen molar-refractivity contribution in [2.24, 2.45) is 0 Å². The Morgan fingerprint density at radius 1 is 1.05 bits per heavy atom. The molecule has 19 heavy (non-hydrogen) atoms. The molecule has 0 unspecified atom stereocenters. The quantitative estimate of drug-likeness (QED) is 0.864. The lowest BCUT2D eigenvalue weighted by Crippen LogP contribution is -2.17. The highest BCUT2D eigenvalue weighted by Crippen LogP contribution is 2.23. The lowest BCUT2D eigenvalue weighted by molar-refractivity contribution is 0.547. The monoisotopic (exact) mass is 256 g/mol. The Morgan fingerprint density at radius 3 is 2.26 bits per heavy atom. The van der Waals surface area contributed by atoms with E-state index >= 15 is 0 Å². The Morgan fingerprint density at radius 2 is 1.68 bits per heavy atom. The molecule has 0 saturated heterocycles. The van der Waals surface area contributed by atoms with Crippen LogP contribution in [-0.2, 0) is 5.41 Å². The molecule has 0 saturated carbocycles. The van der Waals surface area contributed by atoms with E-state index in [-0.39, 0.29) is 5.41 Å². The number of nitrogens with zero attached hydrogens (tertiary/aromatic N) is 2. The summed E-state index contributed by atoms with van der Waals surface area (Å²) in [6.07, 6.45) is 0. The topological polar surface area (TPSA) is 63.8 Å². The van der Waals surface area contributed by atoms with Crippen LogP contribution in [0.15, 0.2) is 30.3 Å². The Hall–Kier alpha value is -2.10. The van der Waals surface area contributed by atoms with Crippen LogP contribution in [0.5, 0.6) is 0 Å². The maximum absolute atomic E-state index is 5.84. The van der Waals surface area contributed by atoms with Gasteiger partial charge in [-0.1, -0.05) is 38.5 Å². The van der Waals surface area contributed by atoms with E-state index in [0.29, 0.717) is 5.82 Å². The van der Waals surface area contributed by atoms with Crippen molar-refractivity contribution < 1.29 is 0 Å². The van der Waals surface area contributed by atoms with E-state index in [1.165, 1.54) is 5.56 Å². The van der Waals surface area contributed by atoms with Crippen molar-refractivity contribution in [1.82, 2.24) is 9.97 Å². The molecule has 4 nitrogen and oxygen atoms in total. The third kappa shape index (κ3) is 3.44. The number of hydrogen-bond donors (Lipinski definition) is 2. The fourth-order valence-corrected chi connectivity index (χ4v) is 1.65. The molecule has 0 bridgehead atoms. The lowest BCUT2D eigenvalue weighted by atomic mass is 9.96. The van der Waals surface area contributed by atoms with Gasteiger partial charge in [-0.25, -0.2) is 9.97 Å². The summed E-state index contributed by atoms with van der Waals surface area (Å²) in [4.78, 5) is 8.81. The predicted molar refractivity (Wildman–Crippen MR) is 79.6 cm³/mol. The summed E-state index contributed by atoms with van der Waals surface area (Å²) in [6, 6.07) is 9.89. The molecule has 2 rings (SSSR count). The molecule has 100 valence electrons. The maximum Gasteiger partial charge on any atom is 0.138 e. The van der Waals surface area contributed by atoms with Gasteiger partial charge < -0.3 is 11.1 Å². The fraction of sp³-hybridized carbons (Fsp3) is 0.333. The largest absolute Gasteiger partial charge is 0.384 e. The number of aryl methyl sites for hydroxylation is 1. The molecular weight excluding hydrogens is 236 g/mol. The molecule has 4 heteroatoms. The summed E-state index contributed by atoms with van der Waals surface area (Å²) in [5.74, 6) is 1.94. The normalized spacial score (nSPS) is 11.4. The number of nitrogens with two attached hydrogens (primary N) is 1. The van der Waals surface area contributed by atoms with Crippen molar-refractivity contribution in [3.8, 4) is 0 Å². The summed E-state index contributed by atoms with van der Waals surface area (Å²) < 4.78 is 0. The summed E-state index contributed by atoms with van der Waals surface area (Å²) in [6.45, 7) is 8.26. The third-order valence-electron chi connectivity index (χ3n) is 2.74. The molecule has 0 fully saturated rings. The van der Waals surface area contributed by atoms with Gasteiger partial charge in [0.05, 0.1) is 0 Å². The average Bonchev–Trinajstić information content (AvgIpc) is 2.30. The number of benzene rings is 1. The van der Waals surface area contributed by atoms with Crippen LogP contribution >= 0.6 is 0 Å². The zero-order valence-corrected chi connectivity index (χ0v) is 11.9. The van der Waals surface area contributed by atoms with E-state index in [1.807, 2.05) is 12.1 Å². The molecule has 0 amide bonds. The van der Waals surface area contributed by atoms with Crippen LogP contribution in [-0.4, -0.2) is 9.97 Å². The van der Waals surface area contributed by atoms with Crippen molar-refractivity contribution in [2.45, 2.75) is 33.1 Å². The van der Waals surface area contributed by atoms with Crippen LogP contribution in [0, 0.1) is 6.92 Å². The van der Waals surface area contributed by atoms with E-state index in [1.54, 1.807) is 6.07 Å². The van der Waals surface area contributed by atoms with Crippen LogP contribution in [0.3, 0.4) is 0 Å². The van der Waals surface area contributed by atoms with Gasteiger partial charge in [-0.2, -0.15) is 0 Å². The smallest absolute Gasteiger partial charge is 0.138 e. The predicted octanol–water partition coefficient (Wildman–Crippen LogP) is 3.41. The van der Waals surface area contributed by atoms with Gasteiger partial charge in [0.1, 0.15) is 17.5 Å². The van der Waals surface area contributed by atoms with E-state index in [9.17, 15) is 0 Å². The van der Waals surface area contributed by atoms with Gasteiger partial charge in [-0.3, -0.25) is 0 Å². The minimum atomic E-state index is -0.126. The Balaban J connectivity index is 2.30. The summed E-state index contributed by atoms with van der Waals surface area (Å²) in [5, 5.41) is 3.25. The summed E-state index contributed by atoms with van der Waals surface area (Å²) in [5.41, 5.74) is 7.93. The van der Waals surface area contributed by atoms with Crippen LogP contribution in [0.4, 0.5) is 17.3 Å². The van der Waals surface area contributed by atoms with Gasteiger partial charge in [0.2, 0.25) is 0 Å². The molecule has 2 aromatic rings. The Labute approximate surface area is 114 Å². The molecule has 0 spiro atoms. The van der Waals surface area contributed by atoms with E-state index in [0.717, 1.165) is 17.3 Å². The minimum absolute atomic E-state index is 0.126. The molecule has 1 aromatic heterocycles. The van der Waals surface area contributed by atoms with Crippen LogP contribution in [0.25, 0.3) is 0 Å². The number of rotatable bonds is 2. The third-order valence-corrected chi connectivity index (χ3v) is 2.74. The number of hydrogen-bond acceptors (Lipinski definition) is 4. The second-order valence-corrected chi connectivity index (χ2v) is 5.74. The molecule has 1 aromatic carbocycles. The summed E-state index contributed by atoms with van der Waals surface area (Å²) in [7, 11) is 0. The number of nitrogens with one attached hydrogen (secondary N) is 1. The van der Waals surface area contributed by atoms with Crippen molar-refractivity contribution in [3.63, 3.8) is 0 Å². The van der Waals surface area contributed by atoms with Crippen LogP contribution in [0.2, 0.25) is 0 Å². The second kappa shape index (κ2) is 4.88. The molecule has 0 atom stereocenters. The SMILES string of the molecule is Cc1ccc(Nc2cc(N)nc(C(C)(C)C)n2)cc1. The second-order valence-electron chi connectivity index (χ2n) is 5.74. The molecule has 0 radical (unpaired) electrons. The highest BCUT2D eigenvalue weighted by molar-refractivity contribution is 5.58. The van der Waals surface area contributed by atoms with E-state index in [2.05, 4.69) is 55.1 Å². The van der Waals surface area contributed by atoms with Crippen molar-refractivity contribution in [3.05, 3.63) is 41.7 Å². The van der Waals surface area contributed by atoms with Gasteiger partial charge in [0, 0.05) is 17.2 Å². The Bertz CT molecular complexity index is 568. The zero-order valence-electron chi connectivity index (χ0n) is 11.9. The van der Waals surface area contributed by atoms with Crippen molar-refractivity contribution >= 4 is 17.3 Å². The first-order valence-corrected chi connectivity index (χ1v) is 6.33. The van der Waals surface area contributed by atoms with Gasteiger partial charge in [-0.05, 0) is 19.1 Å². The minimum Gasteiger partial charge on any atom is -0.384 e. The number of aromatic nitrogens is 2. The highest BCUT2D eigenvalue weighted by atomic mass is 15.1. The van der Waals surface area contributed by atoms with Gasteiger partial charge >= 0.3 is 0 Å². The average molecular weight is 256 g/mol. The zero-order chi connectivity index (χ0) is 14.0. The molecule has 3 N–H and O–H groups in total. The van der Waals surface area contributed by atoms with E-state index in [4.69, 9.17) is 5.73 Å². The molecule has 0 aliphatic carbocycles. The van der Waals surface area contributed by atoms with Crippen molar-refractivity contribution in [2.75, 3.05) is 11.1 Å². The van der Waals surface area contributed by atoms with Gasteiger partial charge in [0.15, 0.2) is 0 Å². The molecule has 1 heterocycles. The Kier molecular flexibility index (Phi) is 3.42. The summed E-state index contributed by atoms with van der Waals surface area (Å²) >= 11 is 0. The fourth-order valence-electron chi connectivity index (χ4n) is 1.65. The first-order valence-electron chi connectivity index (χ1n) is 6.33. The molecule has 0 aliphatic rings. The first-order chi connectivity index (χ1) is 8.84. The molecular formula is C15H20N4. The van der Waals surface area contributed by atoms with E-state index < -0.39 is 0 Å².